The van der Waals surface area contributed by atoms with Gasteiger partial charge in [-0.25, -0.2) is 0 Å². The van der Waals surface area contributed by atoms with E-state index in [0.717, 1.165) is 29.4 Å². The first-order valence-electron chi connectivity index (χ1n) is 7.11. The number of aromatic amines is 1. The number of nitrogens with one attached hydrogen (secondary N) is 1. The molecule has 3 rings (SSSR count). The molecule has 112 valence electrons. The van der Waals surface area contributed by atoms with Crippen molar-refractivity contribution < 1.29 is 14.6 Å². The number of ether oxygens (including phenoxy) is 1. The maximum atomic E-state index is 11.9. The standard InChI is InChI=1S/C15H19N3O3/c1-21-15(20)14-13(19)3-2-6-18(14)9-10-4-5-11-8-16-17-12(11)7-10/h4-5,7-8,13-14,19H,2-3,6,9H2,1H3,(H,16,17)/t13-,14+/m0/s1. The number of esters is 1. The lowest BCUT2D eigenvalue weighted by Gasteiger charge is -2.37. The van der Waals surface area contributed by atoms with Crippen LogP contribution in [0, 0.1) is 0 Å². The molecule has 1 aliphatic rings. The number of rotatable bonds is 3. The molecular weight excluding hydrogens is 270 g/mol. The molecule has 0 bridgehead atoms. The van der Waals surface area contributed by atoms with E-state index < -0.39 is 12.1 Å². The van der Waals surface area contributed by atoms with Crippen molar-refractivity contribution in [2.75, 3.05) is 13.7 Å². The fraction of sp³-hybridized carbons (Fsp3) is 0.467. The number of benzene rings is 1. The highest BCUT2D eigenvalue weighted by atomic mass is 16.5. The lowest BCUT2D eigenvalue weighted by Crippen LogP contribution is -2.52. The van der Waals surface area contributed by atoms with Crippen LogP contribution in [-0.4, -0.2) is 52.0 Å². The molecule has 0 saturated carbocycles. The average molecular weight is 289 g/mol. The Kier molecular flexibility index (Phi) is 3.90. The molecule has 6 nitrogen and oxygen atoms in total. The van der Waals surface area contributed by atoms with E-state index in [4.69, 9.17) is 4.74 Å². The van der Waals surface area contributed by atoms with Gasteiger partial charge in [0, 0.05) is 11.9 Å². The van der Waals surface area contributed by atoms with Crippen LogP contribution in [0.2, 0.25) is 0 Å². The van der Waals surface area contributed by atoms with Crippen LogP contribution in [0.4, 0.5) is 0 Å². The van der Waals surface area contributed by atoms with E-state index in [9.17, 15) is 9.90 Å². The van der Waals surface area contributed by atoms with E-state index in [1.54, 1.807) is 6.20 Å². The van der Waals surface area contributed by atoms with Gasteiger partial charge in [0.2, 0.25) is 0 Å². The number of H-pyrrole nitrogens is 1. The zero-order valence-corrected chi connectivity index (χ0v) is 12.0. The van der Waals surface area contributed by atoms with Crippen molar-refractivity contribution in [2.45, 2.75) is 31.5 Å². The summed E-state index contributed by atoms with van der Waals surface area (Å²) in [6.45, 7) is 1.38. The van der Waals surface area contributed by atoms with E-state index in [0.29, 0.717) is 13.0 Å². The highest BCUT2D eigenvalue weighted by molar-refractivity contribution is 5.78. The molecule has 21 heavy (non-hydrogen) atoms. The van der Waals surface area contributed by atoms with Gasteiger partial charge in [0.25, 0.3) is 0 Å². The number of nitrogens with zero attached hydrogens (tertiary/aromatic N) is 2. The van der Waals surface area contributed by atoms with E-state index in [1.807, 2.05) is 23.1 Å². The highest BCUT2D eigenvalue weighted by Gasteiger charge is 2.36. The number of aliphatic hydroxyl groups is 1. The third-order valence-corrected chi connectivity index (χ3v) is 4.04. The molecule has 2 atom stereocenters. The first-order chi connectivity index (χ1) is 10.2. The van der Waals surface area contributed by atoms with Crippen LogP contribution in [0.5, 0.6) is 0 Å². The average Bonchev–Trinajstić information content (AvgIpc) is 2.94. The Morgan fingerprint density at radius 3 is 3.24 bits per heavy atom. The van der Waals surface area contributed by atoms with E-state index in [-0.39, 0.29) is 5.97 Å². The van der Waals surface area contributed by atoms with Crippen molar-refractivity contribution in [3.8, 4) is 0 Å². The molecule has 0 aliphatic carbocycles. The second-order valence-electron chi connectivity index (χ2n) is 5.44. The Morgan fingerprint density at radius 1 is 1.57 bits per heavy atom. The molecule has 6 heteroatoms. The number of aromatic nitrogens is 2. The number of hydrogen-bond acceptors (Lipinski definition) is 5. The van der Waals surface area contributed by atoms with Gasteiger partial charge in [0.15, 0.2) is 0 Å². The van der Waals surface area contributed by atoms with Crippen LogP contribution in [-0.2, 0) is 16.1 Å². The Balaban J connectivity index is 1.81. The molecule has 1 aromatic heterocycles. The minimum Gasteiger partial charge on any atom is -0.468 e. The number of methoxy groups -OCH3 is 1. The largest absolute Gasteiger partial charge is 0.468 e. The number of fused-ring (bicyclic) bond motifs is 1. The van der Waals surface area contributed by atoms with Crippen molar-refractivity contribution >= 4 is 16.9 Å². The summed E-state index contributed by atoms with van der Waals surface area (Å²) in [5.74, 6) is -0.371. The third-order valence-electron chi connectivity index (χ3n) is 4.04. The number of carbonyl (C=O) groups is 1. The molecule has 0 amide bonds. The number of carbonyl (C=O) groups excluding carboxylic acids is 1. The van der Waals surface area contributed by atoms with E-state index in [1.165, 1.54) is 7.11 Å². The third kappa shape index (κ3) is 2.77. The molecule has 2 aromatic rings. The fourth-order valence-corrected chi connectivity index (χ4v) is 2.97. The van der Waals surface area contributed by atoms with Crippen LogP contribution in [0.3, 0.4) is 0 Å². The second kappa shape index (κ2) is 5.83. The number of aliphatic hydroxyl groups excluding tert-OH is 1. The maximum Gasteiger partial charge on any atom is 0.325 e. The Bertz CT molecular complexity index is 640. The molecule has 2 heterocycles. The maximum absolute atomic E-state index is 11.9. The molecule has 0 radical (unpaired) electrons. The summed E-state index contributed by atoms with van der Waals surface area (Å²) in [5, 5.41) is 18.1. The summed E-state index contributed by atoms with van der Waals surface area (Å²) >= 11 is 0. The van der Waals surface area contributed by atoms with Crippen molar-refractivity contribution in [3.05, 3.63) is 30.0 Å². The van der Waals surface area contributed by atoms with Crippen LogP contribution in [0.15, 0.2) is 24.4 Å². The van der Waals surface area contributed by atoms with Crippen LogP contribution in [0.25, 0.3) is 10.9 Å². The van der Waals surface area contributed by atoms with Gasteiger partial charge in [0.1, 0.15) is 6.04 Å². The summed E-state index contributed by atoms with van der Waals surface area (Å²) in [4.78, 5) is 13.9. The first-order valence-corrected chi connectivity index (χ1v) is 7.11. The van der Waals surface area contributed by atoms with Gasteiger partial charge < -0.3 is 9.84 Å². The highest BCUT2D eigenvalue weighted by Crippen LogP contribution is 2.22. The van der Waals surface area contributed by atoms with Gasteiger partial charge in [0.05, 0.1) is 24.9 Å². The summed E-state index contributed by atoms with van der Waals surface area (Å²) in [6, 6.07) is 5.47. The zero-order valence-electron chi connectivity index (χ0n) is 12.0. The first kappa shape index (κ1) is 14.0. The van der Waals surface area contributed by atoms with Crippen molar-refractivity contribution in [2.24, 2.45) is 0 Å². The minimum absolute atomic E-state index is 0.371. The summed E-state index contributed by atoms with van der Waals surface area (Å²) < 4.78 is 4.83. The quantitative estimate of drug-likeness (QED) is 0.826. The topological polar surface area (TPSA) is 78.5 Å². The molecule has 1 saturated heterocycles. The summed E-state index contributed by atoms with van der Waals surface area (Å²) in [6.07, 6.45) is 2.62. The predicted molar refractivity (Wildman–Crippen MR) is 77.5 cm³/mol. The Hall–Kier alpha value is -1.92. The molecule has 0 spiro atoms. The number of piperidine rings is 1. The van der Waals surface area contributed by atoms with E-state index >= 15 is 0 Å². The zero-order chi connectivity index (χ0) is 14.8. The minimum atomic E-state index is -0.665. The van der Waals surface area contributed by atoms with Crippen molar-refractivity contribution in [3.63, 3.8) is 0 Å². The van der Waals surface area contributed by atoms with Crippen molar-refractivity contribution in [1.29, 1.82) is 0 Å². The fourth-order valence-electron chi connectivity index (χ4n) is 2.97. The molecule has 1 fully saturated rings. The number of likely N-dealkylation sites (tertiary alicyclic amines) is 1. The number of hydrogen-bond donors (Lipinski definition) is 2. The van der Waals surface area contributed by atoms with Gasteiger partial charge in [-0.15, -0.1) is 0 Å². The monoisotopic (exact) mass is 289 g/mol. The molecule has 0 unspecified atom stereocenters. The van der Waals surface area contributed by atoms with E-state index in [2.05, 4.69) is 10.2 Å². The molecule has 1 aliphatic heterocycles. The summed E-state index contributed by atoms with van der Waals surface area (Å²) in [7, 11) is 1.36. The van der Waals surface area contributed by atoms with Gasteiger partial charge >= 0.3 is 5.97 Å². The van der Waals surface area contributed by atoms with Gasteiger partial charge in [-0.2, -0.15) is 5.10 Å². The SMILES string of the molecule is COC(=O)[C@H]1[C@@H](O)CCCN1Cc1ccc2cn[nH]c2c1. The smallest absolute Gasteiger partial charge is 0.325 e. The second-order valence-corrected chi connectivity index (χ2v) is 5.44. The van der Waals surface area contributed by atoms with Crippen LogP contribution >= 0.6 is 0 Å². The molecular formula is C15H19N3O3. The van der Waals surface area contributed by atoms with Crippen molar-refractivity contribution in [1.82, 2.24) is 15.1 Å². The lowest BCUT2D eigenvalue weighted by atomic mass is 9.98. The normalized spacial score (nSPS) is 23.3. The van der Waals surface area contributed by atoms with Gasteiger partial charge in [-0.05, 0) is 31.0 Å². The van der Waals surface area contributed by atoms with Crippen LogP contribution < -0.4 is 0 Å². The Labute approximate surface area is 122 Å². The molecule has 2 N–H and O–H groups in total. The predicted octanol–water partition coefficient (Wildman–Crippen LogP) is 1.06. The summed E-state index contributed by atoms with van der Waals surface area (Å²) in [5.41, 5.74) is 2.05. The van der Waals surface area contributed by atoms with Gasteiger partial charge in [-0.1, -0.05) is 12.1 Å². The Morgan fingerprint density at radius 2 is 2.43 bits per heavy atom. The van der Waals surface area contributed by atoms with Crippen LogP contribution in [0.1, 0.15) is 18.4 Å². The lowest BCUT2D eigenvalue weighted by molar-refractivity contribution is -0.154. The van der Waals surface area contributed by atoms with Gasteiger partial charge in [-0.3, -0.25) is 14.8 Å². The molecule has 1 aromatic carbocycles.